The maximum atomic E-state index is 12.9. The van der Waals surface area contributed by atoms with Crippen molar-refractivity contribution >= 4 is 18.0 Å². The fourth-order valence-electron chi connectivity index (χ4n) is 3.06. The summed E-state index contributed by atoms with van der Waals surface area (Å²) in [6.45, 7) is 6.40. The number of aliphatic hydroxyl groups excluding tert-OH is 1. The van der Waals surface area contributed by atoms with Crippen molar-refractivity contribution in [2.45, 2.75) is 63.8 Å². The molecule has 8 nitrogen and oxygen atoms in total. The molecule has 0 bridgehead atoms. The van der Waals surface area contributed by atoms with Crippen LogP contribution >= 0.6 is 0 Å². The van der Waals surface area contributed by atoms with Crippen molar-refractivity contribution in [2.24, 2.45) is 0 Å². The molecule has 2 amide bonds. The summed E-state index contributed by atoms with van der Waals surface area (Å²) in [5.41, 5.74) is -2.11. The number of aliphatic hydroxyl groups is 1. The van der Waals surface area contributed by atoms with Gasteiger partial charge in [-0.3, -0.25) is 4.79 Å². The number of amides is 2. The van der Waals surface area contributed by atoms with Gasteiger partial charge in [-0.25, -0.2) is 14.5 Å². The zero-order chi connectivity index (χ0) is 20.0. The van der Waals surface area contributed by atoms with Gasteiger partial charge < -0.3 is 19.3 Å². The molecule has 0 aromatic heterocycles. The molecule has 0 aliphatic carbocycles. The first-order chi connectivity index (χ1) is 12.6. The van der Waals surface area contributed by atoms with Crippen LogP contribution in [0.5, 0.6) is 0 Å². The Hall–Kier alpha value is -2.45. The van der Waals surface area contributed by atoms with Crippen LogP contribution in [0.4, 0.5) is 4.79 Å². The summed E-state index contributed by atoms with van der Waals surface area (Å²) in [7, 11) is 0. The molecular weight excluding hydrogens is 354 g/mol. The number of epoxide rings is 1. The maximum absolute atomic E-state index is 12.9. The quantitative estimate of drug-likeness (QED) is 0.482. The number of imide groups is 1. The normalized spacial score (nSPS) is 29.7. The van der Waals surface area contributed by atoms with Crippen LogP contribution in [0.1, 0.15) is 33.3 Å². The van der Waals surface area contributed by atoms with E-state index >= 15 is 0 Å². The highest BCUT2D eigenvalue weighted by Gasteiger charge is 2.78. The van der Waals surface area contributed by atoms with Crippen molar-refractivity contribution in [2.75, 3.05) is 0 Å². The van der Waals surface area contributed by atoms with E-state index in [-0.39, 0.29) is 6.61 Å². The number of esters is 1. The van der Waals surface area contributed by atoms with Gasteiger partial charge in [0, 0.05) is 0 Å². The van der Waals surface area contributed by atoms with Crippen LogP contribution in [0.15, 0.2) is 30.3 Å². The van der Waals surface area contributed by atoms with Gasteiger partial charge in [0.1, 0.15) is 24.4 Å². The second kappa shape index (κ2) is 6.61. The molecule has 146 valence electrons. The molecule has 2 aliphatic rings. The van der Waals surface area contributed by atoms with Gasteiger partial charge in [-0.05, 0) is 33.3 Å². The highest BCUT2D eigenvalue weighted by molar-refractivity contribution is 6.14. The van der Waals surface area contributed by atoms with Crippen LogP contribution in [0.25, 0.3) is 0 Å². The largest absolute Gasteiger partial charge is 0.458 e. The SMILES string of the molecule is C[C@@H]1[C@@H](O)[C@@H]2O[C@]2(C(=O)OCc2ccccc2)C(=O)N1C(=O)OC(C)(C)C. The van der Waals surface area contributed by atoms with Crippen LogP contribution in [0.3, 0.4) is 0 Å². The fraction of sp³-hybridized carbons (Fsp3) is 0.526. The van der Waals surface area contributed by atoms with E-state index in [1.54, 1.807) is 45.0 Å². The standard InChI is InChI=1S/C19H23NO7/c1-11-13(21)14-19(26-14,15(22)20(11)17(24)27-18(2,3)4)16(23)25-10-12-8-6-5-7-9-12/h5-9,11,13-14,21H,10H2,1-4H3/t11-,13-,14+,19+/m1/s1. The third-order valence-corrected chi connectivity index (χ3v) is 4.51. The van der Waals surface area contributed by atoms with Gasteiger partial charge in [-0.15, -0.1) is 0 Å². The van der Waals surface area contributed by atoms with Gasteiger partial charge in [-0.2, -0.15) is 0 Å². The van der Waals surface area contributed by atoms with Crippen LogP contribution in [-0.4, -0.2) is 57.4 Å². The molecule has 4 atom stereocenters. The molecule has 2 heterocycles. The molecule has 0 spiro atoms. The lowest BCUT2D eigenvalue weighted by Crippen LogP contribution is -2.63. The molecule has 0 unspecified atom stereocenters. The first-order valence-corrected chi connectivity index (χ1v) is 8.71. The molecule has 1 aromatic carbocycles. The van der Waals surface area contributed by atoms with Crippen molar-refractivity contribution in [1.29, 1.82) is 0 Å². The summed E-state index contributed by atoms with van der Waals surface area (Å²) in [5, 5.41) is 10.4. The van der Waals surface area contributed by atoms with E-state index in [1.165, 1.54) is 6.92 Å². The van der Waals surface area contributed by atoms with Gasteiger partial charge >= 0.3 is 12.1 Å². The Morgan fingerprint density at radius 2 is 1.89 bits per heavy atom. The predicted molar refractivity (Wildman–Crippen MR) is 92.4 cm³/mol. The summed E-state index contributed by atoms with van der Waals surface area (Å²) in [6.07, 6.45) is -3.20. The summed E-state index contributed by atoms with van der Waals surface area (Å²) in [6, 6.07) is 8.05. The first-order valence-electron chi connectivity index (χ1n) is 8.71. The summed E-state index contributed by atoms with van der Waals surface area (Å²) < 4.78 is 15.8. The van der Waals surface area contributed by atoms with Crippen LogP contribution < -0.4 is 0 Å². The van der Waals surface area contributed by atoms with Crippen molar-refractivity contribution < 1.29 is 33.7 Å². The van der Waals surface area contributed by atoms with E-state index in [0.717, 1.165) is 10.5 Å². The average Bonchev–Trinajstić information content (AvgIpc) is 3.35. The molecule has 3 rings (SSSR count). The predicted octanol–water partition coefficient (Wildman–Crippen LogP) is 1.39. The molecule has 0 radical (unpaired) electrons. The monoisotopic (exact) mass is 377 g/mol. The Morgan fingerprint density at radius 1 is 1.26 bits per heavy atom. The Balaban J connectivity index is 1.78. The van der Waals surface area contributed by atoms with Gasteiger partial charge in [-0.1, -0.05) is 30.3 Å². The smallest absolute Gasteiger partial charge is 0.417 e. The minimum atomic E-state index is -2.00. The molecule has 2 fully saturated rings. The van der Waals surface area contributed by atoms with E-state index in [4.69, 9.17) is 14.2 Å². The first kappa shape index (κ1) is 19.3. The minimum absolute atomic E-state index is 0.0527. The lowest BCUT2D eigenvalue weighted by Gasteiger charge is -2.36. The van der Waals surface area contributed by atoms with Gasteiger partial charge in [0.15, 0.2) is 0 Å². The van der Waals surface area contributed by atoms with Crippen LogP contribution in [0.2, 0.25) is 0 Å². The molecule has 8 heteroatoms. The van der Waals surface area contributed by atoms with E-state index in [0.29, 0.717) is 0 Å². The van der Waals surface area contributed by atoms with Gasteiger partial charge in [0.05, 0.1) is 6.04 Å². The van der Waals surface area contributed by atoms with Crippen LogP contribution in [0, 0.1) is 0 Å². The second-order valence-corrected chi connectivity index (χ2v) is 7.72. The number of hydrogen-bond donors (Lipinski definition) is 1. The van der Waals surface area contributed by atoms with Crippen molar-refractivity contribution in [3.63, 3.8) is 0 Å². The Bertz CT molecular complexity index is 757. The molecule has 27 heavy (non-hydrogen) atoms. The highest BCUT2D eigenvalue weighted by Crippen LogP contribution is 2.47. The average molecular weight is 377 g/mol. The van der Waals surface area contributed by atoms with E-state index in [9.17, 15) is 19.5 Å². The Labute approximate surface area is 157 Å². The number of nitrogens with zero attached hydrogens (tertiary/aromatic N) is 1. The third kappa shape index (κ3) is 3.42. The van der Waals surface area contributed by atoms with Gasteiger partial charge in [0.2, 0.25) is 0 Å². The number of carbonyl (C=O) groups excluding carboxylic acids is 3. The molecule has 2 aliphatic heterocycles. The summed E-state index contributed by atoms with van der Waals surface area (Å²) in [4.78, 5) is 38.7. The zero-order valence-electron chi connectivity index (χ0n) is 15.7. The summed E-state index contributed by atoms with van der Waals surface area (Å²) in [5.74, 6) is -1.81. The number of fused-ring (bicyclic) bond motifs is 1. The minimum Gasteiger partial charge on any atom is -0.458 e. The number of carbonyl (C=O) groups is 3. The van der Waals surface area contributed by atoms with E-state index in [1.807, 2.05) is 6.07 Å². The third-order valence-electron chi connectivity index (χ3n) is 4.51. The zero-order valence-corrected chi connectivity index (χ0v) is 15.7. The van der Waals surface area contributed by atoms with Crippen LogP contribution in [-0.2, 0) is 30.4 Å². The summed E-state index contributed by atoms with van der Waals surface area (Å²) >= 11 is 0. The molecule has 2 saturated heterocycles. The lowest BCUT2D eigenvalue weighted by molar-refractivity contribution is -0.161. The Morgan fingerprint density at radius 3 is 2.48 bits per heavy atom. The number of hydrogen-bond acceptors (Lipinski definition) is 7. The molecule has 1 aromatic rings. The number of benzene rings is 1. The number of piperidine rings is 1. The highest BCUT2D eigenvalue weighted by atomic mass is 16.7. The molecule has 0 saturated carbocycles. The van der Waals surface area contributed by atoms with Crippen molar-refractivity contribution in [3.05, 3.63) is 35.9 Å². The topological polar surface area (TPSA) is 106 Å². The maximum Gasteiger partial charge on any atom is 0.417 e. The number of rotatable bonds is 3. The second-order valence-electron chi connectivity index (χ2n) is 7.72. The van der Waals surface area contributed by atoms with Gasteiger partial charge in [0.25, 0.3) is 11.5 Å². The lowest BCUT2D eigenvalue weighted by atomic mass is 9.90. The van der Waals surface area contributed by atoms with E-state index in [2.05, 4.69) is 0 Å². The molecular formula is C19H23NO7. The fourth-order valence-corrected chi connectivity index (χ4v) is 3.06. The van der Waals surface area contributed by atoms with E-state index < -0.39 is 47.4 Å². The molecule has 1 N–H and O–H groups in total. The van der Waals surface area contributed by atoms with Crippen molar-refractivity contribution in [1.82, 2.24) is 4.90 Å². The van der Waals surface area contributed by atoms with Crippen molar-refractivity contribution in [3.8, 4) is 0 Å². The Kier molecular flexibility index (Phi) is 4.73. The number of ether oxygens (including phenoxy) is 3. The number of likely N-dealkylation sites (tertiary alicyclic amines) is 1.